The van der Waals surface area contributed by atoms with Crippen LogP contribution in [0.3, 0.4) is 0 Å². The predicted octanol–water partition coefficient (Wildman–Crippen LogP) is 1.40. The summed E-state index contributed by atoms with van der Waals surface area (Å²) in [6.45, 7) is 6.69. The summed E-state index contributed by atoms with van der Waals surface area (Å²) in [6.07, 6.45) is 0.564. The highest BCUT2D eigenvalue weighted by molar-refractivity contribution is 5.81. The Bertz CT molecular complexity index is 524. The highest BCUT2D eigenvalue weighted by Crippen LogP contribution is 2.20. The minimum absolute atomic E-state index is 0.334. The fourth-order valence-electron chi connectivity index (χ4n) is 1.68. The van der Waals surface area contributed by atoms with Gasteiger partial charge in [0, 0.05) is 18.0 Å². The fraction of sp³-hybridized carbons (Fsp3) is 0.500. The second-order valence-corrected chi connectivity index (χ2v) is 5.64. The molecule has 0 bridgehead atoms. The average molecular weight is 296 g/mol. The molecule has 0 aromatic carbocycles. The average Bonchev–Trinajstić information content (AvgIpc) is 2.33. The Morgan fingerprint density at radius 2 is 2.00 bits per heavy atom. The molecular formula is C14H20N2O5. The van der Waals surface area contributed by atoms with E-state index in [0.717, 1.165) is 0 Å². The number of nitrogens with one attached hydrogen (secondary N) is 1. The molecule has 1 aromatic rings. The van der Waals surface area contributed by atoms with Gasteiger partial charge in [0.15, 0.2) is 6.04 Å². The van der Waals surface area contributed by atoms with E-state index in [1.165, 1.54) is 12.4 Å². The molecule has 0 aliphatic heterocycles. The molecule has 3 N–H and O–H groups in total. The van der Waals surface area contributed by atoms with Gasteiger partial charge in [0.05, 0.1) is 0 Å². The Hall–Kier alpha value is -2.15. The third-order valence-corrected chi connectivity index (χ3v) is 2.65. The lowest BCUT2D eigenvalue weighted by atomic mass is 10.0. The van der Waals surface area contributed by atoms with Crippen molar-refractivity contribution < 1.29 is 24.5 Å². The molecule has 7 heteroatoms. The van der Waals surface area contributed by atoms with Gasteiger partial charge in [0.1, 0.15) is 11.7 Å². The number of hydrogen-bond acceptors (Lipinski definition) is 5. The molecule has 0 radical (unpaired) electrons. The number of amides is 1. The first kappa shape index (κ1) is 16.9. The largest absolute Gasteiger partial charge is 0.480 e. The topological polar surface area (TPSA) is 109 Å². The Morgan fingerprint density at radius 3 is 2.48 bits per heavy atom. The van der Waals surface area contributed by atoms with Gasteiger partial charge in [-0.15, -0.1) is 0 Å². The summed E-state index contributed by atoms with van der Waals surface area (Å²) in [6, 6.07) is 0.119. The molecule has 1 aromatic heterocycles. The number of aromatic nitrogens is 1. The fourth-order valence-corrected chi connectivity index (χ4v) is 1.68. The molecule has 0 fully saturated rings. The molecule has 0 spiro atoms. The summed E-state index contributed by atoms with van der Waals surface area (Å²) < 4.78 is 4.99. The Kier molecular flexibility index (Phi) is 5.26. The number of rotatable bonds is 4. The lowest BCUT2D eigenvalue weighted by Crippen LogP contribution is -2.47. The number of carbonyl (C=O) groups is 2. The van der Waals surface area contributed by atoms with E-state index in [4.69, 9.17) is 4.74 Å². The summed E-state index contributed by atoms with van der Waals surface area (Å²) in [4.78, 5) is 26.8. The van der Waals surface area contributed by atoms with Crippen LogP contribution in [-0.4, -0.2) is 38.9 Å². The number of alkyl carbamates (subject to hydrolysis) is 1. The molecule has 0 saturated carbocycles. The molecule has 1 rings (SSSR count). The van der Waals surface area contributed by atoms with Crippen molar-refractivity contribution in [2.24, 2.45) is 0 Å². The minimum Gasteiger partial charge on any atom is -0.480 e. The molecule has 2 atom stereocenters. The van der Waals surface area contributed by atoms with Gasteiger partial charge in [-0.25, -0.2) is 9.59 Å². The number of pyridine rings is 1. The maximum atomic E-state index is 11.7. The lowest BCUT2D eigenvalue weighted by Gasteiger charge is -2.24. The predicted molar refractivity (Wildman–Crippen MR) is 74.7 cm³/mol. The van der Waals surface area contributed by atoms with Gasteiger partial charge in [-0.1, -0.05) is 0 Å². The van der Waals surface area contributed by atoms with Crippen LogP contribution in [0.2, 0.25) is 0 Å². The lowest BCUT2D eigenvalue weighted by molar-refractivity contribution is -0.142. The van der Waals surface area contributed by atoms with E-state index in [2.05, 4.69) is 10.3 Å². The van der Waals surface area contributed by atoms with Gasteiger partial charge < -0.3 is 20.3 Å². The number of carboxylic acid groups (broad SMARTS) is 1. The number of ether oxygens (including phenoxy) is 1. The van der Waals surface area contributed by atoms with Crippen molar-refractivity contribution >= 4 is 12.1 Å². The van der Waals surface area contributed by atoms with E-state index in [0.29, 0.717) is 11.1 Å². The van der Waals surface area contributed by atoms with Gasteiger partial charge >= 0.3 is 12.1 Å². The van der Waals surface area contributed by atoms with Crippen LogP contribution < -0.4 is 5.32 Å². The number of aryl methyl sites for hydroxylation is 1. The zero-order chi connectivity index (χ0) is 16.2. The number of hydrogen-bond donors (Lipinski definition) is 3. The summed E-state index contributed by atoms with van der Waals surface area (Å²) in [5, 5.41) is 21.5. The quantitative estimate of drug-likeness (QED) is 0.775. The highest BCUT2D eigenvalue weighted by atomic mass is 16.6. The van der Waals surface area contributed by atoms with Crippen LogP contribution in [0.25, 0.3) is 0 Å². The summed E-state index contributed by atoms with van der Waals surface area (Å²) >= 11 is 0. The van der Waals surface area contributed by atoms with Gasteiger partial charge in [-0.3, -0.25) is 4.98 Å². The molecule has 0 aliphatic rings. The number of aliphatic carboxylic acids is 1. The summed E-state index contributed by atoms with van der Waals surface area (Å²) in [5.74, 6) is -1.36. The number of aliphatic hydroxyl groups is 1. The van der Waals surface area contributed by atoms with E-state index in [9.17, 15) is 19.8 Å². The first-order valence-corrected chi connectivity index (χ1v) is 6.42. The Morgan fingerprint density at radius 1 is 1.38 bits per heavy atom. The zero-order valence-corrected chi connectivity index (χ0v) is 12.5. The first-order chi connectivity index (χ1) is 9.61. The molecule has 1 amide bonds. The van der Waals surface area contributed by atoms with Crippen LogP contribution in [0.4, 0.5) is 4.79 Å². The molecule has 0 saturated heterocycles. The van der Waals surface area contributed by atoms with Crippen molar-refractivity contribution in [3.05, 3.63) is 29.6 Å². The van der Waals surface area contributed by atoms with Crippen molar-refractivity contribution in [3.8, 4) is 0 Å². The molecule has 116 valence electrons. The van der Waals surface area contributed by atoms with E-state index < -0.39 is 29.8 Å². The van der Waals surface area contributed by atoms with Gasteiger partial charge in [0.25, 0.3) is 0 Å². The molecule has 7 nitrogen and oxygen atoms in total. The van der Waals surface area contributed by atoms with Crippen LogP contribution in [0, 0.1) is 6.92 Å². The smallest absolute Gasteiger partial charge is 0.408 e. The van der Waals surface area contributed by atoms with E-state index in [1.807, 2.05) is 0 Å². The molecule has 1 heterocycles. The summed E-state index contributed by atoms with van der Waals surface area (Å²) in [5.41, 5.74) is 0.248. The first-order valence-electron chi connectivity index (χ1n) is 6.42. The van der Waals surface area contributed by atoms with Crippen molar-refractivity contribution in [3.63, 3.8) is 0 Å². The van der Waals surface area contributed by atoms with E-state index >= 15 is 0 Å². The zero-order valence-electron chi connectivity index (χ0n) is 12.5. The maximum Gasteiger partial charge on any atom is 0.408 e. The maximum absolute atomic E-state index is 11.7. The standard InChI is InChI=1S/C14H20N2O5/c1-8-5-6-15-7-9(8)11(17)10(12(18)19)16-13(20)21-14(2,3)4/h5-7,10-11,17H,1-4H3,(H,16,20)(H,18,19)/t10-,11-/m1/s1. The Balaban J connectivity index is 2.90. The monoisotopic (exact) mass is 296 g/mol. The van der Waals surface area contributed by atoms with Gasteiger partial charge in [-0.05, 0) is 39.3 Å². The van der Waals surface area contributed by atoms with E-state index in [1.54, 1.807) is 33.8 Å². The van der Waals surface area contributed by atoms with Crippen molar-refractivity contribution in [1.82, 2.24) is 10.3 Å². The number of carboxylic acids is 1. The van der Waals surface area contributed by atoms with Crippen LogP contribution in [0.5, 0.6) is 0 Å². The molecule has 0 unspecified atom stereocenters. The van der Waals surface area contributed by atoms with Crippen LogP contribution >= 0.6 is 0 Å². The third kappa shape index (κ3) is 5.03. The van der Waals surface area contributed by atoms with Crippen molar-refractivity contribution in [1.29, 1.82) is 0 Å². The molecule has 21 heavy (non-hydrogen) atoms. The number of carbonyl (C=O) groups excluding carboxylic acids is 1. The van der Waals surface area contributed by atoms with E-state index in [-0.39, 0.29) is 0 Å². The Labute approximate surface area is 123 Å². The van der Waals surface area contributed by atoms with Crippen molar-refractivity contribution in [2.75, 3.05) is 0 Å². The number of nitrogens with zero attached hydrogens (tertiary/aromatic N) is 1. The van der Waals surface area contributed by atoms with Crippen LogP contribution in [0.15, 0.2) is 18.5 Å². The third-order valence-electron chi connectivity index (χ3n) is 2.65. The summed E-state index contributed by atoms with van der Waals surface area (Å²) in [7, 11) is 0. The minimum atomic E-state index is -1.53. The molecular weight excluding hydrogens is 276 g/mol. The van der Waals surface area contributed by atoms with Crippen LogP contribution in [-0.2, 0) is 9.53 Å². The number of aliphatic hydroxyl groups excluding tert-OH is 1. The molecule has 0 aliphatic carbocycles. The second kappa shape index (κ2) is 6.53. The second-order valence-electron chi connectivity index (χ2n) is 5.64. The SMILES string of the molecule is Cc1ccncc1[C@@H](O)[C@@H](NC(=O)OC(C)(C)C)C(=O)O. The normalized spacial score (nSPS) is 14.1. The highest BCUT2D eigenvalue weighted by Gasteiger charge is 2.32. The van der Waals surface area contributed by atoms with Gasteiger partial charge in [-0.2, -0.15) is 0 Å². The van der Waals surface area contributed by atoms with Crippen LogP contribution in [0.1, 0.15) is 38.0 Å². The van der Waals surface area contributed by atoms with Crippen molar-refractivity contribution in [2.45, 2.75) is 45.4 Å². The van der Waals surface area contributed by atoms with Gasteiger partial charge in [0.2, 0.25) is 0 Å².